The van der Waals surface area contributed by atoms with Crippen molar-refractivity contribution in [3.8, 4) is 11.5 Å². The minimum atomic E-state index is -0.499. The van der Waals surface area contributed by atoms with Gasteiger partial charge in [-0.1, -0.05) is 15.9 Å². The Balaban J connectivity index is 3.27. The normalized spacial score (nSPS) is 10.0. The van der Waals surface area contributed by atoms with E-state index < -0.39 is 5.82 Å². The van der Waals surface area contributed by atoms with Crippen LogP contribution in [0, 0.1) is 5.82 Å². The highest BCUT2D eigenvalue weighted by Crippen LogP contribution is 2.39. The summed E-state index contributed by atoms with van der Waals surface area (Å²) in [5.41, 5.74) is 0.729. The second kappa shape index (κ2) is 5.84. The summed E-state index contributed by atoms with van der Waals surface area (Å²) in [6.45, 7) is 0. The number of halogens is 2. The van der Waals surface area contributed by atoms with Crippen LogP contribution in [0.5, 0.6) is 11.5 Å². The van der Waals surface area contributed by atoms with Crippen LogP contribution in [0.1, 0.15) is 12.0 Å². The largest absolute Gasteiger partial charge is 0.492 e. The molecule has 1 aromatic rings. The van der Waals surface area contributed by atoms with E-state index in [1.54, 1.807) is 0 Å². The van der Waals surface area contributed by atoms with Crippen LogP contribution in [-0.4, -0.2) is 20.5 Å². The zero-order valence-corrected chi connectivity index (χ0v) is 10.6. The predicted molar refractivity (Wildman–Crippen MR) is 61.6 cm³/mol. The summed E-state index contributed by atoms with van der Waals surface area (Å²) in [7, 11) is 2.81. The third-order valence-corrected chi connectivity index (χ3v) is 2.87. The highest BCUT2D eigenvalue weighted by molar-refractivity contribution is 9.10. The van der Waals surface area contributed by atoms with E-state index >= 15 is 0 Å². The SMILES string of the molecule is COc1c(F)cc(Br)c(CCC=O)c1OC. The number of carbonyl (C=O) groups excluding carboxylic acids is 1. The van der Waals surface area contributed by atoms with E-state index in [2.05, 4.69) is 15.9 Å². The molecule has 0 unspecified atom stereocenters. The monoisotopic (exact) mass is 290 g/mol. The van der Waals surface area contributed by atoms with Gasteiger partial charge in [-0.15, -0.1) is 0 Å². The van der Waals surface area contributed by atoms with Gasteiger partial charge in [-0.25, -0.2) is 4.39 Å². The molecule has 0 aliphatic carbocycles. The van der Waals surface area contributed by atoms with Crippen LogP contribution in [0.2, 0.25) is 0 Å². The fraction of sp³-hybridized carbons (Fsp3) is 0.364. The van der Waals surface area contributed by atoms with Gasteiger partial charge < -0.3 is 14.3 Å². The molecular formula is C11H12BrFO3. The van der Waals surface area contributed by atoms with Crippen LogP contribution in [0.3, 0.4) is 0 Å². The van der Waals surface area contributed by atoms with Crippen molar-refractivity contribution in [3.05, 3.63) is 21.9 Å². The molecule has 1 rings (SSSR count). The second-order valence-corrected chi connectivity index (χ2v) is 3.94. The number of hydrogen-bond acceptors (Lipinski definition) is 3. The molecular weight excluding hydrogens is 279 g/mol. The predicted octanol–water partition coefficient (Wildman–Crippen LogP) is 2.74. The summed E-state index contributed by atoms with van der Waals surface area (Å²) >= 11 is 3.24. The molecule has 0 aliphatic heterocycles. The average Bonchev–Trinajstić information content (AvgIpc) is 2.27. The molecule has 0 amide bonds. The topological polar surface area (TPSA) is 35.5 Å². The summed E-state index contributed by atoms with van der Waals surface area (Å²) in [6.07, 6.45) is 1.63. The third-order valence-electron chi connectivity index (χ3n) is 2.16. The number of methoxy groups -OCH3 is 2. The zero-order chi connectivity index (χ0) is 12.1. The van der Waals surface area contributed by atoms with Gasteiger partial charge in [0.1, 0.15) is 6.29 Å². The maximum atomic E-state index is 13.5. The molecule has 0 fully saturated rings. The van der Waals surface area contributed by atoms with Crippen molar-refractivity contribution in [2.45, 2.75) is 12.8 Å². The van der Waals surface area contributed by atoms with Gasteiger partial charge in [0.2, 0.25) is 0 Å². The molecule has 0 aliphatic rings. The Morgan fingerprint density at radius 2 is 2.00 bits per heavy atom. The van der Waals surface area contributed by atoms with E-state index in [9.17, 15) is 9.18 Å². The van der Waals surface area contributed by atoms with Crippen molar-refractivity contribution in [2.75, 3.05) is 14.2 Å². The van der Waals surface area contributed by atoms with E-state index in [1.807, 2.05) is 0 Å². The van der Waals surface area contributed by atoms with Crippen molar-refractivity contribution in [1.82, 2.24) is 0 Å². The van der Waals surface area contributed by atoms with Crippen molar-refractivity contribution < 1.29 is 18.7 Å². The Kier molecular flexibility index (Phi) is 4.73. The van der Waals surface area contributed by atoms with Crippen LogP contribution in [0.15, 0.2) is 10.5 Å². The Morgan fingerprint density at radius 3 is 2.50 bits per heavy atom. The molecule has 0 saturated carbocycles. The fourth-order valence-electron chi connectivity index (χ4n) is 1.46. The van der Waals surface area contributed by atoms with E-state index in [1.165, 1.54) is 20.3 Å². The van der Waals surface area contributed by atoms with E-state index in [4.69, 9.17) is 9.47 Å². The summed E-state index contributed by atoms with van der Waals surface area (Å²) in [6, 6.07) is 1.31. The van der Waals surface area contributed by atoms with Crippen LogP contribution in [-0.2, 0) is 11.2 Å². The van der Waals surface area contributed by atoms with Gasteiger partial charge in [0.15, 0.2) is 17.3 Å². The summed E-state index contributed by atoms with van der Waals surface area (Å²) in [4.78, 5) is 10.3. The van der Waals surface area contributed by atoms with Gasteiger partial charge in [0.25, 0.3) is 0 Å². The molecule has 0 spiro atoms. The highest BCUT2D eigenvalue weighted by Gasteiger charge is 2.18. The Morgan fingerprint density at radius 1 is 1.38 bits per heavy atom. The first kappa shape index (κ1) is 13.0. The second-order valence-electron chi connectivity index (χ2n) is 3.09. The number of benzene rings is 1. The minimum Gasteiger partial charge on any atom is -0.492 e. The van der Waals surface area contributed by atoms with Gasteiger partial charge >= 0.3 is 0 Å². The Labute approximate surface area is 102 Å². The molecule has 0 heterocycles. The van der Waals surface area contributed by atoms with Gasteiger partial charge in [-0.05, 0) is 12.5 Å². The number of aldehydes is 1. The first-order valence-electron chi connectivity index (χ1n) is 4.68. The van der Waals surface area contributed by atoms with Crippen molar-refractivity contribution in [2.24, 2.45) is 0 Å². The molecule has 0 radical (unpaired) electrons. The maximum Gasteiger partial charge on any atom is 0.197 e. The molecule has 1 aromatic carbocycles. The van der Waals surface area contributed by atoms with Crippen molar-refractivity contribution >= 4 is 22.2 Å². The van der Waals surface area contributed by atoms with Gasteiger partial charge in [-0.3, -0.25) is 0 Å². The number of ether oxygens (including phenoxy) is 2. The summed E-state index contributed by atoms with van der Waals surface area (Å²) in [5, 5.41) is 0. The van der Waals surface area contributed by atoms with Gasteiger partial charge in [0, 0.05) is 16.5 Å². The molecule has 16 heavy (non-hydrogen) atoms. The smallest absolute Gasteiger partial charge is 0.197 e. The lowest BCUT2D eigenvalue weighted by Crippen LogP contribution is -2.00. The molecule has 5 heteroatoms. The number of rotatable bonds is 5. The van der Waals surface area contributed by atoms with Gasteiger partial charge in [0.05, 0.1) is 14.2 Å². The molecule has 3 nitrogen and oxygen atoms in total. The summed E-state index contributed by atoms with van der Waals surface area (Å²) in [5.74, 6) is -0.107. The Bertz CT molecular complexity index is 393. The third kappa shape index (κ3) is 2.52. The molecule has 0 bridgehead atoms. The highest BCUT2D eigenvalue weighted by atomic mass is 79.9. The lowest BCUT2D eigenvalue weighted by molar-refractivity contribution is -0.107. The molecule has 0 saturated heterocycles. The van der Waals surface area contributed by atoms with E-state index in [0.29, 0.717) is 23.1 Å². The maximum absolute atomic E-state index is 13.5. The van der Waals surface area contributed by atoms with Crippen LogP contribution >= 0.6 is 15.9 Å². The lowest BCUT2D eigenvalue weighted by atomic mass is 10.1. The molecule has 88 valence electrons. The standard InChI is InChI=1S/C11H12BrFO3/c1-15-10-7(4-3-5-14)8(12)6-9(13)11(10)16-2/h5-6H,3-4H2,1-2H3. The van der Waals surface area contributed by atoms with Gasteiger partial charge in [-0.2, -0.15) is 0 Å². The quantitative estimate of drug-likeness (QED) is 0.782. The summed E-state index contributed by atoms with van der Waals surface area (Å²) < 4.78 is 24.1. The molecule has 0 atom stereocenters. The fourth-order valence-corrected chi connectivity index (χ4v) is 2.04. The van der Waals surface area contributed by atoms with Crippen LogP contribution < -0.4 is 9.47 Å². The first-order valence-corrected chi connectivity index (χ1v) is 5.47. The minimum absolute atomic E-state index is 0.0617. The van der Waals surface area contributed by atoms with Crippen molar-refractivity contribution in [3.63, 3.8) is 0 Å². The first-order chi connectivity index (χ1) is 7.65. The van der Waals surface area contributed by atoms with Crippen molar-refractivity contribution in [1.29, 1.82) is 0 Å². The van der Waals surface area contributed by atoms with Crippen LogP contribution in [0.25, 0.3) is 0 Å². The number of hydrogen-bond donors (Lipinski definition) is 0. The van der Waals surface area contributed by atoms with E-state index in [0.717, 1.165) is 11.8 Å². The molecule has 0 N–H and O–H groups in total. The van der Waals surface area contributed by atoms with Crippen LogP contribution in [0.4, 0.5) is 4.39 Å². The van der Waals surface area contributed by atoms with E-state index in [-0.39, 0.29) is 5.75 Å². The lowest BCUT2D eigenvalue weighted by Gasteiger charge is -2.14. The average molecular weight is 291 g/mol. The molecule has 0 aromatic heterocycles. The number of carbonyl (C=O) groups is 1. The Hall–Kier alpha value is -1.10. The zero-order valence-electron chi connectivity index (χ0n) is 9.05.